The quantitative estimate of drug-likeness (QED) is 0.886. The summed E-state index contributed by atoms with van der Waals surface area (Å²) in [5.74, 6) is -1.16. The molecule has 0 atom stereocenters. The first-order valence-corrected chi connectivity index (χ1v) is 8.12. The highest BCUT2D eigenvalue weighted by Crippen LogP contribution is 2.23. The SMILES string of the molecule is CS(=O)(=O)c1cc(C(=O)O)ccc1NCc1ccccc1. The number of hydrogen-bond acceptors (Lipinski definition) is 4. The van der Waals surface area contributed by atoms with Gasteiger partial charge in [0.1, 0.15) is 0 Å². The number of carboxylic acids is 1. The monoisotopic (exact) mass is 305 g/mol. The lowest BCUT2D eigenvalue weighted by molar-refractivity contribution is 0.0696. The predicted molar refractivity (Wildman–Crippen MR) is 80.3 cm³/mol. The molecular formula is C15H15NO4S. The van der Waals surface area contributed by atoms with Gasteiger partial charge < -0.3 is 10.4 Å². The molecule has 2 rings (SSSR count). The van der Waals surface area contributed by atoms with E-state index in [1.807, 2.05) is 30.3 Å². The van der Waals surface area contributed by atoms with Crippen LogP contribution in [0.3, 0.4) is 0 Å². The maximum Gasteiger partial charge on any atom is 0.335 e. The summed E-state index contributed by atoms with van der Waals surface area (Å²) in [6, 6.07) is 13.5. The number of nitrogens with one attached hydrogen (secondary N) is 1. The van der Waals surface area contributed by atoms with Gasteiger partial charge in [-0.2, -0.15) is 0 Å². The first-order valence-electron chi connectivity index (χ1n) is 6.23. The molecule has 21 heavy (non-hydrogen) atoms. The van der Waals surface area contributed by atoms with E-state index in [1.165, 1.54) is 18.2 Å². The normalized spacial score (nSPS) is 11.1. The number of rotatable bonds is 5. The highest BCUT2D eigenvalue weighted by molar-refractivity contribution is 7.90. The van der Waals surface area contributed by atoms with Crippen molar-refractivity contribution in [3.63, 3.8) is 0 Å². The van der Waals surface area contributed by atoms with Gasteiger partial charge >= 0.3 is 5.97 Å². The summed E-state index contributed by atoms with van der Waals surface area (Å²) < 4.78 is 23.6. The van der Waals surface area contributed by atoms with E-state index in [9.17, 15) is 13.2 Å². The topological polar surface area (TPSA) is 83.5 Å². The second kappa shape index (κ2) is 5.97. The second-order valence-electron chi connectivity index (χ2n) is 4.63. The number of benzene rings is 2. The van der Waals surface area contributed by atoms with Crippen LogP contribution in [0, 0.1) is 0 Å². The number of carboxylic acid groups (broad SMARTS) is 1. The van der Waals surface area contributed by atoms with Crippen LogP contribution in [0.2, 0.25) is 0 Å². The van der Waals surface area contributed by atoms with E-state index in [2.05, 4.69) is 5.32 Å². The lowest BCUT2D eigenvalue weighted by Crippen LogP contribution is -2.08. The van der Waals surface area contributed by atoms with E-state index in [-0.39, 0.29) is 10.5 Å². The van der Waals surface area contributed by atoms with Crippen molar-refractivity contribution in [1.82, 2.24) is 0 Å². The van der Waals surface area contributed by atoms with Crippen molar-refractivity contribution >= 4 is 21.5 Å². The second-order valence-corrected chi connectivity index (χ2v) is 6.61. The Morgan fingerprint density at radius 2 is 1.81 bits per heavy atom. The van der Waals surface area contributed by atoms with Gasteiger partial charge in [-0.05, 0) is 23.8 Å². The summed E-state index contributed by atoms with van der Waals surface area (Å²) in [5, 5.41) is 12.0. The molecule has 0 aromatic heterocycles. The smallest absolute Gasteiger partial charge is 0.335 e. The Kier molecular flexibility index (Phi) is 4.28. The zero-order chi connectivity index (χ0) is 15.5. The standard InChI is InChI=1S/C15H15NO4S/c1-21(19,20)14-9-12(15(17)18)7-8-13(14)16-10-11-5-3-2-4-6-11/h2-9,16H,10H2,1H3,(H,17,18). The highest BCUT2D eigenvalue weighted by atomic mass is 32.2. The Morgan fingerprint density at radius 3 is 2.38 bits per heavy atom. The lowest BCUT2D eigenvalue weighted by atomic mass is 10.2. The van der Waals surface area contributed by atoms with Crippen LogP contribution in [0.5, 0.6) is 0 Å². The van der Waals surface area contributed by atoms with Crippen molar-refractivity contribution < 1.29 is 18.3 Å². The van der Waals surface area contributed by atoms with Crippen molar-refractivity contribution in [2.24, 2.45) is 0 Å². The number of carbonyl (C=O) groups is 1. The van der Waals surface area contributed by atoms with Crippen LogP contribution in [0.1, 0.15) is 15.9 Å². The zero-order valence-corrected chi connectivity index (χ0v) is 12.2. The molecule has 0 aliphatic carbocycles. The number of sulfone groups is 1. The molecule has 5 nitrogen and oxygen atoms in total. The summed E-state index contributed by atoms with van der Waals surface area (Å²) in [6.07, 6.45) is 1.06. The Labute approximate surface area is 123 Å². The van der Waals surface area contributed by atoms with Crippen LogP contribution in [0.15, 0.2) is 53.4 Å². The fourth-order valence-electron chi connectivity index (χ4n) is 1.90. The molecule has 0 unspecified atom stereocenters. The molecule has 110 valence electrons. The zero-order valence-electron chi connectivity index (χ0n) is 11.4. The van der Waals surface area contributed by atoms with Crippen LogP contribution in [0.4, 0.5) is 5.69 Å². The molecule has 0 saturated carbocycles. The third kappa shape index (κ3) is 3.82. The van der Waals surface area contributed by atoms with Crippen molar-refractivity contribution in [3.05, 3.63) is 59.7 Å². The number of anilines is 1. The van der Waals surface area contributed by atoms with Crippen LogP contribution in [-0.2, 0) is 16.4 Å². The van der Waals surface area contributed by atoms with Gasteiger partial charge in [0.25, 0.3) is 0 Å². The van der Waals surface area contributed by atoms with Crippen LogP contribution >= 0.6 is 0 Å². The summed E-state index contributed by atoms with van der Waals surface area (Å²) in [4.78, 5) is 10.9. The molecule has 0 aliphatic rings. The highest BCUT2D eigenvalue weighted by Gasteiger charge is 2.16. The van der Waals surface area contributed by atoms with Crippen molar-refractivity contribution in [3.8, 4) is 0 Å². The molecule has 0 spiro atoms. The van der Waals surface area contributed by atoms with Gasteiger partial charge in [0, 0.05) is 12.8 Å². The molecule has 6 heteroatoms. The average Bonchev–Trinajstić information content (AvgIpc) is 2.45. The minimum atomic E-state index is -3.52. The maximum absolute atomic E-state index is 11.8. The van der Waals surface area contributed by atoms with E-state index in [1.54, 1.807) is 0 Å². The summed E-state index contributed by atoms with van der Waals surface area (Å²) in [5.41, 5.74) is 1.34. The van der Waals surface area contributed by atoms with Crippen molar-refractivity contribution in [1.29, 1.82) is 0 Å². The summed E-state index contributed by atoms with van der Waals surface area (Å²) >= 11 is 0. The molecule has 0 fully saturated rings. The molecule has 0 heterocycles. The van der Waals surface area contributed by atoms with E-state index in [0.717, 1.165) is 11.8 Å². The third-order valence-corrected chi connectivity index (χ3v) is 4.09. The summed E-state index contributed by atoms with van der Waals surface area (Å²) in [7, 11) is -3.52. The molecular weight excluding hydrogens is 290 g/mol. The van der Waals surface area contributed by atoms with Gasteiger partial charge in [-0.15, -0.1) is 0 Å². The van der Waals surface area contributed by atoms with E-state index in [0.29, 0.717) is 12.2 Å². The van der Waals surface area contributed by atoms with E-state index in [4.69, 9.17) is 5.11 Å². The Hall–Kier alpha value is -2.34. The lowest BCUT2D eigenvalue weighted by Gasteiger charge is -2.12. The fraction of sp³-hybridized carbons (Fsp3) is 0.133. The molecule has 0 saturated heterocycles. The first kappa shape index (κ1) is 15.1. The Balaban J connectivity index is 2.33. The van der Waals surface area contributed by atoms with Gasteiger partial charge in [-0.25, -0.2) is 13.2 Å². The molecule has 0 amide bonds. The first-order chi connectivity index (χ1) is 9.88. The average molecular weight is 305 g/mol. The van der Waals surface area contributed by atoms with Gasteiger partial charge in [-0.3, -0.25) is 0 Å². The molecule has 0 aliphatic heterocycles. The Morgan fingerprint density at radius 1 is 1.14 bits per heavy atom. The molecule has 0 radical (unpaired) electrons. The number of aromatic carboxylic acids is 1. The maximum atomic E-state index is 11.8. The van der Waals surface area contributed by atoms with Gasteiger partial charge in [-0.1, -0.05) is 30.3 Å². The third-order valence-electron chi connectivity index (χ3n) is 2.95. The van der Waals surface area contributed by atoms with Crippen LogP contribution < -0.4 is 5.32 Å². The predicted octanol–water partition coefficient (Wildman–Crippen LogP) is 2.40. The molecule has 0 bridgehead atoms. The van der Waals surface area contributed by atoms with Crippen LogP contribution in [0.25, 0.3) is 0 Å². The van der Waals surface area contributed by atoms with Gasteiger partial charge in [0.05, 0.1) is 16.1 Å². The molecule has 2 aromatic rings. The van der Waals surface area contributed by atoms with Crippen LogP contribution in [-0.4, -0.2) is 25.7 Å². The molecule has 2 N–H and O–H groups in total. The van der Waals surface area contributed by atoms with Crippen molar-refractivity contribution in [2.75, 3.05) is 11.6 Å². The molecule has 2 aromatic carbocycles. The number of hydrogen-bond donors (Lipinski definition) is 2. The summed E-state index contributed by atoms with van der Waals surface area (Å²) in [6.45, 7) is 0.454. The van der Waals surface area contributed by atoms with E-state index < -0.39 is 15.8 Å². The minimum absolute atomic E-state index is 0.0154. The van der Waals surface area contributed by atoms with E-state index >= 15 is 0 Å². The Bertz CT molecular complexity index is 754. The minimum Gasteiger partial charge on any atom is -0.478 e. The van der Waals surface area contributed by atoms with Crippen molar-refractivity contribution in [2.45, 2.75) is 11.4 Å². The van der Waals surface area contributed by atoms with Gasteiger partial charge in [0.2, 0.25) is 0 Å². The largest absolute Gasteiger partial charge is 0.478 e. The fourth-order valence-corrected chi connectivity index (χ4v) is 2.78. The van der Waals surface area contributed by atoms with Gasteiger partial charge in [0.15, 0.2) is 9.84 Å².